The summed E-state index contributed by atoms with van der Waals surface area (Å²) in [7, 11) is 1.70. The summed E-state index contributed by atoms with van der Waals surface area (Å²) >= 11 is 3.56. The van der Waals surface area contributed by atoms with E-state index < -0.39 is 0 Å². The Hall–Kier alpha value is -0.540. The van der Waals surface area contributed by atoms with E-state index in [9.17, 15) is 0 Å². The van der Waals surface area contributed by atoms with E-state index in [-0.39, 0.29) is 0 Å². The molecule has 0 atom stereocenters. The number of halogens is 1. The van der Waals surface area contributed by atoms with Gasteiger partial charge in [0.1, 0.15) is 5.75 Å². The van der Waals surface area contributed by atoms with Gasteiger partial charge in [-0.05, 0) is 51.9 Å². The molecule has 1 saturated heterocycles. The van der Waals surface area contributed by atoms with E-state index in [0.717, 1.165) is 23.4 Å². The average Bonchev–Trinajstić information content (AvgIpc) is 2.22. The maximum absolute atomic E-state index is 5.34. The van der Waals surface area contributed by atoms with Crippen LogP contribution < -0.4 is 4.74 Å². The van der Waals surface area contributed by atoms with Crippen LogP contribution in [-0.4, -0.2) is 20.3 Å². The lowest BCUT2D eigenvalue weighted by atomic mass is 9.50. The van der Waals surface area contributed by atoms with Crippen LogP contribution in [0.3, 0.4) is 0 Å². The molecule has 1 heterocycles. The summed E-state index contributed by atoms with van der Waals surface area (Å²) in [5.74, 6) is 0.901. The third kappa shape index (κ3) is 1.71. The minimum atomic E-state index is 0.318. The maximum atomic E-state index is 5.34. The molecule has 0 amide bonds. The molecule has 0 radical (unpaired) electrons. The summed E-state index contributed by atoms with van der Waals surface area (Å²) in [6, 6.07) is 6.44. The Morgan fingerprint density at radius 2 is 2.00 bits per heavy atom. The van der Waals surface area contributed by atoms with Crippen molar-refractivity contribution in [2.24, 2.45) is 5.41 Å². The van der Waals surface area contributed by atoms with Gasteiger partial charge in [0.25, 0.3) is 0 Å². The minimum absolute atomic E-state index is 0.318. The monoisotopic (exact) mass is 296 g/mol. The molecule has 17 heavy (non-hydrogen) atoms. The molecule has 0 N–H and O–H groups in total. The van der Waals surface area contributed by atoms with Gasteiger partial charge in [-0.15, -0.1) is 0 Å². The van der Waals surface area contributed by atoms with Crippen molar-refractivity contribution < 1.29 is 9.47 Å². The summed E-state index contributed by atoms with van der Waals surface area (Å²) in [6.45, 7) is 4.27. The van der Waals surface area contributed by atoms with Crippen LogP contribution >= 0.6 is 15.9 Å². The zero-order valence-electron chi connectivity index (χ0n) is 10.3. The molecule has 1 aromatic rings. The molecule has 92 valence electrons. The molecule has 2 fully saturated rings. The largest absolute Gasteiger partial charge is 0.496 e. The van der Waals surface area contributed by atoms with Gasteiger partial charge in [-0.2, -0.15) is 0 Å². The van der Waals surface area contributed by atoms with Crippen LogP contribution in [0.4, 0.5) is 0 Å². The second kappa shape index (κ2) is 3.72. The number of benzene rings is 1. The highest BCUT2D eigenvalue weighted by Gasteiger charge is 2.56. The zero-order valence-corrected chi connectivity index (χ0v) is 11.8. The topological polar surface area (TPSA) is 18.5 Å². The first kappa shape index (κ1) is 11.5. The number of ether oxygens (including phenoxy) is 2. The maximum Gasteiger partial charge on any atom is 0.133 e. The van der Waals surface area contributed by atoms with Crippen LogP contribution in [0.2, 0.25) is 0 Å². The molecule has 0 bridgehead atoms. The Kier molecular flexibility index (Phi) is 2.53. The van der Waals surface area contributed by atoms with Gasteiger partial charge in [0.2, 0.25) is 0 Å². The lowest BCUT2D eigenvalue weighted by Crippen LogP contribution is -2.58. The van der Waals surface area contributed by atoms with Crippen LogP contribution in [0.1, 0.15) is 25.3 Å². The summed E-state index contributed by atoms with van der Waals surface area (Å²) < 4.78 is 11.7. The summed E-state index contributed by atoms with van der Waals surface area (Å²) in [4.78, 5) is 0. The lowest BCUT2D eigenvalue weighted by molar-refractivity contribution is -0.185. The van der Waals surface area contributed by atoms with Crippen LogP contribution in [0, 0.1) is 5.41 Å². The Morgan fingerprint density at radius 1 is 1.29 bits per heavy atom. The van der Waals surface area contributed by atoms with Crippen molar-refractivity contribution in [2.75, 3.05) is 20.3 Å². The smallest absolute Gasteiger partial charge is 0.133 e. The van der Waals surface area contributed by atoms with Crippen LogP contribution in [-0.2, 0) is 10.2 Å². The number of methoxy groups -OCH3 is 1. The molecule has 2 nitrogen and oxygen atoms in total. The standard InChI is InChI=1S/C14H17BrO2/c1-13(6-14(7-13)8-17-9-14)10-3-4-12(16-2)11(15)5-10/h3-5H,6-9H2,1-2H3. The van der Waals surface area contributed by atoms with Gasteiger partial charge in [-0.1, -0.05) is 13.0 Å². The second-order valence-electron chi connectivity index (χ2n) is 5.76. The molecule has 1 saturated carbocycles. The Balaban J connectivity index is 1.83. The first-order valence-corrected chi connectivity index (χ1v) is 6.78. The summed E-state index contributed by atoms with van der Waals surface area (Å²) in [5.41, 5.74) is 2.22. The summed E-state index contributed by atoms with van der Waals surface area (Å²) in [6.07, 6.45) is 2.50. The molecule has 0 unspecified atom stereocenters. The number of hydrogen-bond acceptors (Lipinski definition) is 2. The molecular formula is C14H17BrO2. The molecular weight excluding hydrogens is 280 g/mol. The molecule has 1 spiro atoms. The van der Waals surface area contributed by atoms with Gasteiger partial charge in [0, 0.05) is 5.41 Å². The van der Waals surface area contributed by atoms with Gasteiger partial charge < -0.3 is 9.47 Å². The van der Waals surface area contributed by atoms with Crippen molar-refractivity contribution in [2.45, 2.75) is 25.2 Å². The number of rotatable bonds is 2. The van der Waals surface area contributed by atoms with Crippen molar-refractivity contribution in [3.8, 4) is 5.75 Å². The molecule has 2 aliphatic rings. The van der Waals surface area contributed by atoms with Crippen molar-refractivity contribution in [1.82, 2.24) is 0 Å². The van der Waals surface area contributed by atoms with E-state index in [1.807, 2.05) is 6.07 Å². The van der Waals surface area contributed by atoms with Crippen molar-refractivity contribution in [1.29, 1.82) is 0 Å². The highest BCUT2D eigenvalue weighted by atomic mass is 79.9. The SMILES string of the molecule is COc1ccc(C2(C)CC3(COC3)C2)cc1Br. The zero-order chi connectivity index (χ0) is 12.1. The predicted octanol–water partition coefficient (Wildman–Crippen LogP) is 3.53. The Morgan fingerprint density at radius 3 is 2.47 bits per heavy atom. The van der Waals surface area contributed by atoms with E-state index in [4.69, 9.17) is 9.47 Å². The van der Waals surface area contributed by atoms with Crippen molar-refractivity contribution in [3.05, 3.63) is 28.2 Å². The van der Waals surface area contributed by atoms with Crippen LogP contribution in [0.5, 0.6) is 5.75 Å². The van der Waals surface area contributed by atoms with Gasteiger partial charge in [0.05, 0.1) is 24.8 Å². The van der Waals surface area contributed by atoms with Gasteiger partial charge >= 0.3 is 0 Å². The Bertz CT molecular complexity index is 444. The fourth-order valence-corrected chi connectivity index (χ4v) is 3.99. The summed E-state index contributed by atoms with van der Waals surface area (Å²) in [5, 5.41) is 0. The van der Waals surface area contributed by atoms with Crippen LogP contribution in [0.25, 0.3) is 0 Å². The molecule has 3 rings (SSSR count). The van der Waals surface area contributed by atoms with Crippen LogP contribution in [0.15, 0.2) is 22.7 Å². The first-order chi connectivity index (χ1) is 8.07. The normalized spacial score (nSPS) is 23.9. The molecule has 3 heteroatoms. The quantitative estimate of drug-likeness (QED) is 0.831. The van der Waals surface area contributed by atoms with E-state index in [0.29, 0.717) is 10.8 Å². The molecule has 1 aliphatic heterocycles. The molecule has 0 aromatic heterocycles. The predicted molar refractivity (Wildman–Crippen MR) is 70.5 cm³/mol. The third-order valence-corrected chi connectivity index (χ3v) is 4.82. The fourth-order valence-electron chi connectivity index (χ4n) is 3.44. The van der Waals surface area contributed by atoms with E-state index >= 15 is 0 Å². The van der Waals surface area contributed by atoms with Gasteiger partial charge in [-0.25, -0.2) is 0 Å². The molecule has 1 aromatic carbocycles. The minimum Gasteiger partial charge on any atom is -0.496 e. The van der Waals surface area contributed by atoms with Gasteiger partial charge in [0.15, 0.2) is 0 Å². The second-order valence-corrected chi connectivity index (χ2v) is 6.61. The third-order valence-electron chi connectivity index (χ3n) is 4.20. The van der Waals surface area contributed by atoms with Crippen molar-refractivity contribution >= 4 is 15.9 Å². The Labute approximate surface area is 110 Å². The van der Waals surface area contributed by atoms with E-state index in [2.05, 4.69) is 35.0 Å². The highest BCUT2D eigenvalue weighted by Crippen LogP contribution is 2.59. The lowest BCUT2D eigenvalue weighted by Gasteiger charge is -2.59. The molecule has 1 aliphatic carbocycles. The first-order valence-electron chi connectivity index (χ1n) is 5.99. The number of hydrogen-bond donors (Lipinski definition) is 0. The van der Waals surface area contributed by atoms with E-state index in [1.165, 1.54) is 18.4 Å². The van der Waals surface area contributed by atoms with E-state index in [1.54, 1.807) is 7.11 Å². The highest BCUT2D eigenvalue weighted by molar-refractivity contribution is 9.10. The average molecular weight is 297 g/mol. The van der Waals surface area contributed by atoms with Crippen molar-refractivity contribution in [3.63, 3.8) is 0 Å². The fraction of sp³-hybridized carbons (Fsp3) is 0.571. The van der Waals surface area contributed by atoms with Gasteiger partial charge in [-0.3, -0.25) is 0 Å².